The molecule has 33 heavy (non-hydrogen) atoms. The predicted molar refractivity (Wildman–Crippen MR) is 130 cm³/mol. The van der Waals surface area contributed by atoms with E-state index in [1.165, 1.54) is 6.08 Å². The molecule has 1 unspecified atom stereocenters. The number of hydrogen-bond donors (Lipinski definition) is 2. The first-order valence-corrected chi connectivity index (χ1v) is 11.0. The van der Waals surface area contributed by atoms with Gasteiger partial charge in [-0.05, 0) is 53.3 Å². The van der Waals surface area contributed by atoms with Crippen LogP contribution in [0, 0.1) is 5.92 Å². The van der Waals surface area contributed by atoms with E-state index in [1.807, 2.05) is 66.7 Å². The number of carboxylic acid groups (broad SMARTS) is 1. The molecule has 0 bridgehead atoms. The molecule has 5 nitrogen and oxygen atoms in total. The lowest BCUT2D eigenvalue weighted by Crippen LogP contribution is -2.30. The molecule has 0 radical (unpaired) electrons. The van der Waals surface area contributed by atoms with Gasteiger partial charge < -0.3 is 15.2 Å². The van der Waals surface area contributed by atoms with E-state index in [-0.39, 0.29) is 11.9 Å². The largest absolute Gasteiger partial charge is 0.489 e. The summed E-state index contributed by atoms with van der Waals surface area (Å²) in [6.07, 6.45) is 3.26. The molecule has 0 heterocycles. The van der Waals surface area contributed by atoms with E-state index in [2.05, 4.69) is 19.2 Å². The Kier molecular flexibility index (Phi) is 8.42. The second-order valence-electron chi connectivity index (χ2n) is 8.26. The Morgan fingerprint density at radius 3 is 2.27 bits per heavy atom. The third kappa shape index (κ3) is 7.35. The lowest BCUT2D eigenvalue weighted by Gasteiger charge is -2.22. The van der Waals surface area contributed by atoms with Crippen LogP contribution in [0.25, 0.3) is 6.08 Å². The summed E-state index contributed by atoms with van der Waals surface area (Å²) in [6.45, 7) is 4.52. The van der Waals surface area contributed by atoms with E-state index in [9.17, 15) is 9.59 Å². The van der Waals surface area contributed by atoms with Crippen LogP contribution in [0.3, 0.4) is 0 Å². The molecule has 3 aromatic carbocycles. The third-order valence-electron chi connectivity index (χ3n) is 5.13. The van der Waals surface area contributed by atoms with Gasteiger partial charge in [-0.3, -0.25) is 4.79 Å². The van der Waals surface area contributed by atoms with Crippen LogP contribution in [-0.4, -0.2) is 17.0 Å². The van der Waals surface area contributed by atoms with Gasteiger partial charge >= 0.3 is 5.97 Å². The fraction of sp³-hybridized carbons (Fsp3) is 0.214. The number of ether oxygens (including phenoxy) is 1. The number of carboxylic acids is 1. The summed E-state index contributed by atoms with van der Waals surface area (Å²) in [5, 5.41) is 12.2. The maximum atomic E-state index is 13.4. The lowest BCUT2D eigenvalue weighted by atomic mass is 9.96. The van der Waals surface area contributed by atoms with Crippen LogP contribution in [-0.2, 0) is 11.4 Å². The number of nitrogens with one attached hydrogen (secondary N) is 1. The molecular weight excluding hydrogens is 414 g/mol. The number of amides is 1. The molecular formula is C28H29NO4. The number of rotatable bonds is 10. The molecule has 0 fully saturated rings. The van der Waals surface area contributed by atoms with Gasteiger partial charge in [0.1, 0.15) is 12.4 Å². The highest BCUT2D eigenvalue weighted by atomic mass is 16.5. The van der Waals surface area contributed by atoms with Gasteiger partial charge in [0.15, 0.2) is 0 Å². The normalized spacial score (nSPS) is 12.0. The number of benzene rings is 3. The molecule has 0 aromatic heterocycles. The minimum atomic E-state index is -1.07. The van der Waals surface area contributed by atoms with Crippen LogP contribution in [0.4, 0.5) is 0 Å². The fourth-order valence-corrected chi connectivity index (χ4v) is 3.55. The van der Waals surface area contributed by atoms with Crippen LogP contribution in [0.1, 0.15) is 53.4 Å². The van der Waals surface area contributed by atoms with E-state index in [0.717, 1.165) is 29.4 Å². The van der Waals surface area contributed by atoms with Gasteiger partial charge in [-0.15, -0.1) is 0 Å². The summed E-state index contributed by atoms with van der Waals surface area (Å²) >= 11 is 0. The Labute approximate surface area is 194 Å². The zero-order valence-corrected chi connectivity index (χ0v) is 18.9. The van der Waals surface area contributed by atoms with Crippen LogP contribution >= 0.6 is 0 Å². The molecule has 1 amide bonds. The van der Waals surface area contributed by atoms with Gasteiger partial charge in [-0.2, -0.15) is 0 Å². The van der Waals surface area contributed by atoms with Gasteiger partial charge in [-0.1, -0.05) is 74.5 Å². The molecule has 0 aliphatic carbocycles. The van der Waals surface area contributed by atoms with Gasteiger partial charge in [0.2, 0.25) is 0 Å². The van der Waals surface area contributed by atoms with Crippen molar-refractivity contribution in [3.05, 3.63) is 107 Å². The van der Waals surface area contributed by atoms with Crippen LogP contribution in [0.5, 0.6) is 5.75 Å². The second kappa shape index (κ2) is 11.7. The zero-order chi connectivity index (χ0) is 23.6. The Balaban J connectivity index is 1.87. The highest BCUT2D eigenvalue weighted by molar-refractivity contribution is 5.99. The first kappa shape index (κ1) is 23.8. The molecule has 0 saturated heterocycles. The number of para-hydroxylation sites is 1. The third-order valence-corrected chi connectivity index (χ3v) is 5.13. The van der Waals surface area contributed by atoms with Crippen molar-refractivity contribution in [3.8, 4) is 5.75 Å². The maximum absolute atomic E-state index is 13.4. The van der Waals surface area contributed by atoms with Crippen molar-refractivity contribution in [1.29, 1.82) is 0 Å². The predicted octanol–water partition coefficient (Wildman–Crippen LogP) is 5.88. The standard InChI is InChI=1S/C28H29NO4/c1-20(2)17-26(23-9-5-3-6-10-23)29-28(32)25-18-21(13-14-22(25)15-16-27(30)31)19-33-24-11-7-4-8-12-24/h3-16,18,20,26H,17,19H2,1-2H3,(H,29,32)(H,30,31). The van der Waals surface area contributed by atoms with E-state index in [1.54, 1.807) is 12.1 Å². The summed E-state index contributed by atoms with van der Waals surface area (Å²) in [5.74, 6) is -0.206. The van der Waals surface area contributed by atoms with Gasteiger partial charge in [0.05, 0.1) is 6.04 Å². The summed E-state index contributed by atoms with van der Waals surface area (Å²) in [4.78, 5) is 24.4. The Morgan fingerprint density at radius 2 is 1.64 bits per heavy atom. The molecule has 0 spiro atoms. The smallest absolute Gasteiger partial charge is 0.328 e. The first-order valence-electron chi connectivity index (χ1n) is 11.0. The SMILES string of the molecule is CC(C)CC(NC(=O)c1cc(COc2ccccc2)ccc1C=CC(=O)O)c1ccccc1. The minimum Gasteiger partial charge on any atom is -0.489 e. The molecule has 0 saturated carbocycles. The summed E-state index contributed by atoms with van der Waals surface area (Å²) in [6, 6.07) is 24.5. The van der Waals surface area contributed by atoms with Crippen molar-refractivity contribution < 1.29 is 19.4 Å². The molecule has 3 aromatic rings. The molecule has 0 aliphatic heterocycles. The van der Waals surface area contributed by atoms with E-state index < -0.39 is 5.97 Å². The Bertz CT molecular complexity index is 1090. The van der Waals surface area contributed by atoms with Crippen LogP contribution in [0.2, 0.25) is 0 Å². The second-order valence-corrected chi connectivity index (χ2v) is 8.26. The number of aliphatic carboxylic acids is 1. The highest BCUT2D eigenvalue weighted by Crippen LogP contribution is 2.23. The van der Waals surface area contributed by atoms with Gasteiger partial charge in [-0.25, -0.2) is 4.79 Å². The lowest BCUT2D eigenvalue weighted by molar-refractivity contribution is -0.131. The van der Waals surface area contributed by atoms with Crippen molar-refractivity contribution in [2.75, 3.05) is 0 Å². The molecule has 1 atom stereocenters. The quantitative estimate of drug-likeness (QED) is 0.384. The first-order chi connectivity index (χ1) is 15.9. The van der Waals surface area contributed by atoms with Gasteiger partial charge in [0.25, 0.3) is 5.91 Å². The number of carbonyl (C=O) groups excluding carboxylic acids is 1. The van der Waals surface area contributed by atoms with Crippen LogP contribution < -0.4 is 10.1 Å². The van der Waals surface area contributed by atoms with Crippen molar-refractivity contribution in [2.45, 2.75) is 32.9 Å². The molecule has 2 N–H and O–H groups in total. The van der Waals surface area contributed by atoms with Crippen molar-refractivity contribution in [2.24, 2.45) is 5.92 Å². The monoisotopic (exact) mass is 443 g/mol. The van der Waals surface area contributed by atoms with Gasteiger partial charge in [0, 0.05) is 11.6 Å². The van der Waals surface area contributed by atoms with Crippen molar-refractivity contribution in [3.63, 3.8) is 0 Å². The Hall–Kier alpha value is -3.86. The van der Waals surface area contributed by atoms with E-state index in [0.29, 0.717) is 23.7 Å². The van der Waals surface area contributed by atoms with Crippen LogP contribution in [0.15, 0.2) is 84.9 Å². The number of hydrogen-bond acceptors (Lipinski definition) is 3. The summed E-state index contributed by atoms with van der Waals surface area (Å²) in [5.41, 5.74) is 2.79. The molecule has 5 heteroatoms. The topological polar surface area (TPSA) is 75.6 Å². The molecule has 3 rings (SSSR count). The number of carbonyl (C=O) groups is 2. The Morgan fingerprint density at radius 1 is 0.970 bits per heavy atom. The zero-order valence-electron chi connectivity index (χ0n) is 18.9. The summed E-state index contributed by atoms with van der Waals surface area (Å²) in [7, 11) is 0. The maximum Gasteiger partial charge on any atom is 0.328 e. The minimum absolute atomic E-state index is 0.153. The molecule has 170 valence electrons. The van der Waals surface area contributed by atoms with Crippen molar-refractivity contribution in [1.82, 2.24) is 5.32 Å². The van der Waals surface area contributed by atoms with E-state index >= 15 is 0 Å². The highest BCUT2D eigenvalue weighted by Gasteiger charge is 2.19. The summed E-state index contributed by atoms with van der Waals surface area (Å²) < 4.78 is 5.82. The average molecular weight is 444 g/mol. The molecule has 0 aliphatic rings. The average Bonchev–Trinajstić information content (AvgIpc) is 2.82. The fourth-order valence-electron chi connectivity index (χ4n) is 3.55. The van der Waals surface area contributed by atoms with Crippen molar-refractivity contribution >= 4 is 18.0 Å². The van der Waals surface area contributed by atoms with E-state index in [4.69, 9.17) is 9.84 Å².